The van der Waals surface area contributed by atoms with Gasteiger partial charge >= 0.3 is 0 Å². The van der Waals surface area contributed by atoms with E-state index in [1.807, 2.05) is 0 Å². The zero-order chi connectivity index (χ0) is 20.3. The highest BCUT2D eigenvalue weighted by Crippen LogP contribution is 2.22. The molecule has 2 heterocycles. The molecule has 0 spiro atoms. The van der Waals surface area contributed by atoms with E-state index in [0.29, 0.717) is 25.9 Å². The van der Waals surface area contributed by atoms with E-state index in [9.17, 15) is 17.6 Å². The first kappa shape index (κ1) is 20.8. The number of nitrogens with zero attached hydrogens (tertiary/aromatic N) is 2. The summed E-state index contributed by atoms with van der Waals surface area (Å²) < 4.78 is 47.8. The van der Waals surface area contributed by atoms with Crippen LogP contribution in [0.2, 0.25) is 5.02 Å². The summed E-state index contributed by atoms with van der Waals surface area (Å²) in [6, 6.07) is 7.14. The Morgan fingerprint density at radius 2 is 2.04 bits per heavy atom. The highest BCUT2D eigenvalue weighted by molar-refractivity contribution is 7.87. The largest absolute Gasteiger partial charge is 0.459 e. The number of likely N-dealkylation sites (tertiary alicyclic amines) is 1. The molecule has 0 bridgehead atoms. The Labute approximate surface area is 168 Å². The minimum atomic E-state index is -3.84. The topological polar surface area (TPSA) is 82.9 Å². The van der Waals surface area contributed by atoms with E-state index in [0.717, 1.165) is 4.31 Å². The van der Waals surface area contributed by atoms with Crippen molar-refractivity contribution in [2.45, 2.75) is 25.4 Å². The van der Waals surface area contributed by atoms with Gasteiger partial charge in [0.25, 0.3) is 16.1 Å². The zero-order valence-corrected chi connectivity index (χ0v) is 16.8. The summed E-state index contributed by atoms with van der Waals surface area (Å²) in [5, 5.41) is 0.173. The van der Waals surface area contributed by atoms with Crippen LogP contribution in [-0.2, 0) is 16.8 Å². The molecule has 7 nitrogen and oxygen atoms in total. The zero-order valence-electron chi connectivity index (χ0n) is 15.3. The lowest BCUT2D eigenvalue weighted by Crippen LogP contribution is -2.49. The first-order chi connectivity index (χ1) is 13.3. The maximum Gasteiger partial charge on any atom is 0.289 e. The summed E-state index contributed by atoms with van der Waals surface area (Å²) in [5.41, 5.74) is 0.121. The first-order valence-electron chi connectivity index (χ1n) is 8.77. The fourth-order valence-corrected chi connectivity index (χ4v) is 4.41. The van der Waals surface area contributed by atoms with Crippen molar-refractivity contribution in [3.63, 3.8) is 0 Å². The maximum absolute atomic E-state index is 13.9. The third-order valence-electron chi connectivity index (χ3n) is 4.68. The van der Waals surface area contributed by atoms with Gasteiger partial charge in [0, 0.05) is 43.3 Å². The van der Waals surface area contributed by atoms with Crippen molar-refractivity contribution in [2.75, 3.05) is 20.1 Å². The number of nitrogens with one attached hydrogen (secondary N) is 1. The van der Waals surface area contributed by atoms with Crippen LogP contribution in [0.5, 0.6) is 0 Å². The van der Waals surface area contributed by atoms with Gasteiger partial charge in [-0.05, 0) is 37.1 Å². The van der Waals surface area contributed by atoms with Crippen LogP contribution >= 0.6 is 11.6 Å². The second-order valence-electron chi connectivity index (χ2n) is 6.62. The number of hydrogen-bond acceptors (Lipinski definition) is 4. The number of carbonyl (C=O) groups excluding carboxylic acids is 1. The van der Waals surface area contributed by atoms with E-state index in [2.05, 4.69) is 4.72 Å². The fraction of sp³-hybridized carbons (Fsp3) is 0.389. The van der Waals surface area contributed by atoms with Gasteiger partial charge in [0.05, 0.1) is 6.26 Å². The summed E-state index contributed by atoms with van der Waals surface area (Å²) >= 11 is 5.98. The minimum Gasteiger partial charge on any atom is -0.459 e. The van der Waals surface area contributed by atoms with E-state index in [1.54, 1.807) is 17.0 Å². The van der Waals surface area contributed by atoms with E-state index < -0.39 is 16.0 Å². The molecule has 1 aliphatic rings. The molecule has 28 heavy (non-hydrogen) atoms. The lowest BCUT2D eigenvalue weighted by molar-refractivity contribution is 0.0679. The summed E-state index contributed by atoms with van der Waals surface area (Å²) in [5.74, 6) is -0.502. The standard InChI is InChI=1S/C18H21ClFN3O4S/c1-22(12-14-15(19)4-2-5-16(14)20)28(25,26)21-13-7-9-23(10-8-13)18(24)17-6-3-11-27-17/h2-6,11,13,21H,7-10,12H2,1H3. The fourth-order valence-electron chi connectivity index (χ4n) is 3.05. The number of carbonyl (C=O) groups is 1. The van der Waals surface area contributed by atoms with Crippen molar-refractivity contribution in [2.24, 2.45) is 0 Å². The van der Waals surface area contributed by atoms with Crippen LogP contribution in [0.4, 0.5) is 4.39 Å². The third kappa shape index (κ3) is 4.72. The molecule has 1 fully saturated rings. The predicted molar refractivity (Wildman–Crippen MR) is 103 cm³/mol. The molecule has 10 heteroatoms. The molecule has 0 unspecified atom stereocenters. The second kappa shape index (κ2) is 8.60. The lowest BCUT2D eigenvalue weighted by atomic mass is 10.1. The quantitative estimate of drug-likeness (QED) is 0.765. The Morgan fingerprint density at radius 3 is 2.64 bits per heavy atom. The number of amides is 1. The van der Waals surface area contributed by atoms with Crippen molar-refractivity contribution in [3.8, 4) is 0 Å². The predicted octanol–water partition coefficient (Wildman–Crippen LogP) is 2.64. The van der Waals surface area contributed by atoms with Crippen LogP contribution in [0.25, 0.3) is 0 Å². The van der Waals surface area contributed by atoms with Crippen LogP contribution < -0.4 is 4.72 Å². The number of rotatable bonds is 6. The Morgan fingerprint density at radius 1 is 1.32 bits per heavy atom. The molecule has 1 aromatic heterocycles. The number of benzene rings is 1. The van der Waals surface area contributed by atoms with Crippen LogP contribution in [-0.4, -0.2) is 49.7 Å². The van der Waals surface area contributed by atoms with Gasteiger partial charge in [-0.1, -0.05) is 17.7 Å². The molecule has 1 amide bonds. The Hall–Kier alpha value is -1.94. The highest BCUT2D eigenvalue weighted by Gasteiger charge is 2.29. The van der Waals surface area contributed by atoms with Gasteiger partial charge in [0.15, 0.2) is 5.76 Å². The molecule has 0 saturated carbocycles. The number of piperidine rings is 1. The average molecular weight is 430 g/mol. The lowest BCUT2D eigenvalue weighted by Gasteiger charge is -2.32. The minimum absolute atomic E-state index is 0.121. The Kier molecular flexibility index (Phi) is 6.39. The van der Waals surface area contributed by atoms with Gasteiger partial charge in [-0.15, -0.1) is 0 Å². The highest BCUT2D eigenvalue weighted by atomic mass is 35.5. The van der Waals surface area contributed by atoms with Crippen molar-refractivity contribution in [3.05, 3.63) is 58.8 Å². The summed E-state index contributed by atoms with van der Waals surface area (Å²) in [6.07, 6.45) is 2.38. The maximum atomic E-state index is 13.9. The molecular weight excluding hydrogens is 409 g/mol. The molecule has 1 saturated heterocycles. The van der Waals surface area contributed by atoms with E-state index >= 15 is 0 Å². The monoisotopic (exact) mass is 429 g/mol. The molecule has 0 atom stereocenters. The van der Waals surface area contributed by atoms with Gasteiger partial charge in [-0.3, -0.25) is 4.79 Å². The molecular formula is C18H21ClFN3O4S. The Balaban J connectivity index is 1.57. The van der Waals surface area contributed by atoms with E-state index in [1.165, 1.54) is 31.5 Å². The molecule has 0 aliphatic carbocycles. The van der Waals surface area contributed by atoms with E-state index in [-0.39, 0.29) is 34.8 Å². The molecule has 3 rings (SSSR count). The molecule has 2 aromatic rings. The van der Waals surface area contributed by atoms with Crippen molar-refractivity contribution < 1.29 is 22.0 Å². The SMILES string of the molecule is CN(Cc1c(F)cccc1Cl)S(=O)(=O)NC1CCN(C(=O)c2ccco2)CC1. The summed E-state index contributed by atoms with van der Waals surface area (Å²) in [6.45, 7) is 0.641. The normalized spacial score (nSPS) is 15.9. The number of furan rings is 1. The van der Waals surface area contributed by atoms with Crippen LogP contribution in [0.3, 0.4) is 0 Å². The molecule has 1 aromatic carbocycles. The van der Waals surface area contributed by atoms with Crippen LogP contribution in [0.1, 0.15) is 29.0 Å². The summed E-state index contributed by atoms with van der Waals surface area (Å²) in [4.78, 5) is 13.9. The molecule has 1 aliphatic heterocycles. The van der Waals surface area contributed by atoms with E-state index in [4.69, 9.17) is 16.0 Å². The third-order valence-corrected chi connectivity index (χ3v) is 6.62. The van der Waals surface area contributed by atoms with Crippen molar-refractivity contribution in [1.82, 2.24) is 13.9 Å². The Bertz CT molecular complexity index is 908. The number of hydrogen-bond donors (Lipinski definition) is 1. The van der Waals surface area contributed by atoms with Gasteiger partial charge in [0.1, 0.15) is 5.82 Å². The first-order valence-corrected chi connectivity index (χ1v) is 10.6. The van der Waals surface area contributed by atoms with Crippen LogP contribution in [0.15, 0.2) is 41.0 Å². The van der Waals surface area contributed by atoms with Crippen molar-refractivity contribution >= 4 is 27.7 Å². The van der Waals surface area contributed by atoms with Crippen molar-refractivity contribution in [1.29, 1.82) is 0 Å². The number of halogens is 2. The summed E-state index contributed by atoms with van der Waals surface area (Å²) in [7, 11) is -2.47. The molecule has 1 N–H and O–H groups in total. The second-order valence-corrected chi connectivity index (χ2v) is 8.84. The average Bonchev–Trinajstić information content (AvgIpc) is 3.19. The van der Waals surface area contributed by atoms with Gasteiger partial charge in [-0.2, -0.15) is 17.4 Å². The molecule has 152 valence electrons. The van der Waals surface area contributed by atoms with Gasteiger partial charge in [0.2, 0.25) is 0 Å². The van der Waals surface area contributed by atoms with Gasteiger partial charge < -0.3 is 9.32 Å². The molecule has 0 radical (unpaired) electrons. The van der Waals surface area contributed by atoms with Gasteiger partial charge in [-0.25, -0.2) is 4.39 Å². The smallest absolute Gasteiger partial charge is 0.289 e. The van der Waals surface area contributed by atoms with Crippen LogP contribution in [0, 0.1) is 5.82 Å².